The van der Waals surface area contributed by atoms with E-state index in [-0.39, 0.29) is 39.8 Å². The van der Waals surface area contributed by atoms with Gasteiger partial charge < -0.3 is 4.74 Å². The van der Waals surface area contributed by atoms with Crippen LogP contribution >= 0.6 is 11.6 Å². The third kappa shape index (κ3) is 5.19. The van der Waals surface area contributed by atoms with Crippen molar-refractivity contribution in [3.63, 3.8) is 0 Å². The number of fused-ring (bicyclic) bond motifs is 1. The standard InChI is InChI=1S/C25H24ClN3O6/c1-14-6-11-17-19(12-14)24(33)29(23(17)32)16-9-7-15(8-10-16)25(34)35-13-21(30)27-28-22(31)18-4-2-3-5-20(18)26/h2-5,7-10,14,17,19H,6,11-13H2,1H3,(H,27,30)(H,28,31)/t14-,17+,19-/m1/s1. The number of esters is 1. The second-order valence-corrected chi connectivity index (χ2v) is 9.16. The van der Waals surface area contributed by atoms with E-state index in [1.165, 1.54) is 41.3 Å². The fourth-order valence-electron chi connectivity index (χ4n) is 4.48. The number of imide groups is 1. The van der Waals surface area contributed by atoms with Gasteiger partial charge in [-0.25, -0.2) is 4.79 Å². The third-order valence-corrected chi connectivity index (χ3v) is 6.65. The number of benzene rings is 2. The molecule has 35 heavy (non-hydrogen) atoms. The second kappa shape index (κ2) is 10.3. The van der Waals surface area contributed by atoms with E-state index in [0.29, 0.717) is 24.4 Å². The lowest BCUT2D eigenvalue weighted by Gasteiger charge is -2.25. The van der Waals surface area contributed by atoms with Crippen LogP contribution in [0.1, 0.15) is 46.9 Å². The quantitative estimate of drug-likeness (QED) is 0.372. The maximum Gasteiger partial charge on any atom is 0.338 e. The van der Waals surface area contributed by atoms with E-state index >= 15 is 0 Å². The zero-order valence-corrected chi connectivity index (χ0v) is 19.7. The van der Waals surface area contributed by atoms with E-state index in [0.717, 1.165) is 6.42 Å². The van der Waals surface area contributed by atoms with Gasteiger partial charge in [0.1, 0.15) is 0 Å². The minimum absolute atomic E-state index is 0.145. The average Bonchev–Trinajstić information content (AvgIpc) is 3.10. The van der Waals surface area contributed by atoms with Gasteiger partial charge in [0.25, 0.3) is 11.8 Å². The van der Waals surface area contributed by atoms with Gasteiger partial charge in [0.05, 0.1) is 33.7 Å². The predicted molar refractivity (Wildman–Crippen MR) is 126 cm³/mol. The Hall–Kier alpha value is -3.72. The van der Waals surface area contributed by atoms with Crippen molar-refractivity contribution in [3.05, 3.63) is 64.7 Å². The molecule has 2 aliphatic rings. The van der Waals surface area contributed by atoms with E-state index in [4.69, 9.17) is 16.3 Å². The summed E-state index contributed by atoms with van der Waals surface area (Å²) in [6.45, 7) is 1.46. The van der Waals surface area contributed by atoms with Gasteiger partial charge in [0.2, 0.25) is 11.8 Å². The Kier molecular flexibility index (Phi) is 7.16. The highest BCUT2D eigenvalue weighted by atomic mass is 35.5. The molecule has 0 bridgehead atoms. The molecule has 9 nitrogen and oxygen atoms in total. The summed E-state index contributed by atoms with van der Waals surface area (Å²) >= 11 is 5.93. The highest BCUT2D eigenvalue weighted by molar-refractivity contribution is 6.33. The Balaban J connectivity index is 1.29. The monoisotopic (exact) mass is 497 g/mol. The summed E-state index contributed by atoms with van der Waals surface area (Å²) < 4.78 is 4.97. The van der Waals surface area contributed by atoms with Gasteiger partial charge in [-0.2, -0.15) is 0 Å². The summed E-state index contributed by atoms with van der Waals surface area (Å²) in [6.07, 6.45) is 2.34. The number of nitrogens with one attached hydrogen (secondary N) is 2. The van der Waals surface area contributed by atoms with Crippen LogP contribution in [0.3, 0.4) is 0 Å². The molecule has 1 saturated carbocycles. The number of carbonyl (C=O) groups is 5. The largest absolute Gasteiger partial charge is 0.452 e. The number of halogens is 1. The molecule has 1 saturated heterocycles. The van der Waals surface area contributed by atoms with Crippen LogP contribution in [0.25, 0.3) is 0 Å². The van der Waals surface area contributed by atoms with Crippen molar-refractivity contribution in [2.24, 2.45) is 17.8 Å². The van der Waals surface area contributed by atoms with Crippen LogP contribution in [0.2, 0.25) is 5.02 Å². The Bertz CT molecular complexity index is 1180. The molecule has 182 valence electrons. The fourth-order valence-corrected chi connectivity index (χ4v) is 4.70. The van der Waals surface area contributed by atoms with Crippen LogP contribution in [0.15, 0.2) is 48.5 Å². The van der Waals surface area contributed by atoms with Crippen LogP contribution in [-0.2, 0) is 19.1 Å². The van der Waals surface area contributed by atoms with Gasteiger partial charge in [-0.15, -0.1) is 0 Å². The molecule has 1 aliphatic carbocycles. The number of anilines is 1. The van der Waals surface area contributed by atoms with E-state index in [9.17, 15) is 24.0 Å². The van der Waals surface area contributed by atoms with Gasteiger partial charge in [0.15, 0.2) is 6.61 Å². The Labute approximate surface area is 206 Å². The van der Waals surface area contributed by atoms with Crippen molar-refractivity contribution >= 4 is 46.9 Å². The molecule has 10 heteroatoms. The molecule has 2 aromatic carbocycles. The Morgan fingerprint density at radius 3 is 2.37 bits per heavy atom. The van der Waals surface area contributed by atoms with Crippen molar-refractivity contribution in [2.45, 2.75) is 26.2 Å². The van der Waals surface area contributed by atoms with Crippen LogP contribution in [0.4, 0.5) is 5.69 Å². The highest BCUT2D eigenvalue weighted by Crippen LogP contribution is 2.42. The Morgan fingerprint density at radius 1 is 0.971 bits per heavy atom. The van der Waals surface area contributed by atoms with Crippen molar-refractivity contribution in [1.29, 1.82) is 0 Å². The molecule has 4 amide bonds. The Morgan fingerprint density at radius 2 is 1.66 bits per heavy atom. The number of hydrogen-bond acceptors (Lipinski definition) is 6. The molecule has 3 atom stereocenters. The van der Waals surface area contributed by atoms with Gasteiger partial charge in [-0.3, -0.25) is 34.9 Å². The lowest BCUT2D eigenvalue weighted by molar-refractivity contribution is -0.125. The average molecular weight is 498 g/mol. The molecule has 2 aromatic rings. The first kappa shape index (κ1) is 24.4. The zero-order valence-electron chi connectivity index (χ0n) is 19.0. The van der Waals surface area contributed by atoms with Gasteiger partial charge in [-0.05, 0) is 61.6 Å². The number of hydrazine groups is 1. The number of ether oxygens (including phenoxy) is 1. The topological polar surface area (TPSA) is 122 Å². The highest BCUT2D eigenvalue weighted by Gasteiger charge is 2.49. The molecule has 1 aliphatic heterocycles. The molecule has 0 aromatic heterocycles. The third-order valence-electron chi connectivity index (χ3n) is 6.32. The van der Waals surface area contributed by atoms with Crippen LogP contribution in [0.5, 0.6) is 0 Å². The summed E-state index contributed by atoms with van der Waals surface area (Å²) in [5.41, 5.74) is 5.06. The normalized spacial score (nSPS) is 21.3. The maximum absolute atomic E-state index is 12.8. The number of nitrogens with zero attached hydrogens (tertiary/aromatic N) is 1. The number of hydrogen-bond donors (Lipinski definition) is 2. The summed E-state index contributed by atoms with van der Waals surface area (Å²) in [7, 11) is 0. The minimum atomic E-state index is -0.773. The van der Waals surface area contributed by atoms with Crippen LogP contribution < -0.4 is 15.8 Å². The minimum Gasteiger partial charge on any atom is -0.452 e. The lowest BCUT2D eigenvalue weighted by Crippen LogP contribution is -2.43. The van der Waals surface area contributed by atoms with Gasteiger partial charge in [-0.1, -0.05) is 30.7 Å². The maximum atomic E-state index is 12.8. The van der Waals surface area contributed by atoms with E-state index in [1.807, 2.05) is 0 Å². The summed E-state index contributed by atoms with van der Waals surface area (Å²) in [6, 6.07) is 12.2. The molecule has 2 N–H and O–H groups in total. The van der Waals surface area contributed by atoms with E-state index in [2.05, 4.69) is 17.8 Å². The van der Waals surface area contributed by atoms with E-state index < -0.39 is 24.4 Å². The lowest BCUT2D eigenvalue weighted by atomic mass is 9.76. The van der Waals surface area contributed by atoms with Crippen molar-refractivity contribution in [1.82, 2.24) is 10.9 Å². The first-order valence-electron chi connectivity index (χ1n) is 11.2. The smallest absolute Gasteiger partial charge is 0.338 e. The van der Waals surface area contributed by atoms with Crippen LogP contribution in [0, 0.1) is 17.8 Å². The second-order valence-electron chi connectivity index (χ2n) is 8.75. The number of rotatable bonds is 5. The summed E-state index contributed by atoms with van der Waals surface area (Å²) in [4.78, 5) is 63.1. The summed E-state index contributed by atoms with van der Waals surface area (Å²) in [5.74, 6) is -2.69. The molecular weight excluding hydrogens is 474 g/mol. The van der Waals surface area contributed by atoms with Crippen molar-refractivity contribution in [3.8, 4) is 0 Å². The molecular formula is C25H24ClN3O6. The first-order chi connectivity index (χ1) is 16.8. The van der Waals surface area contributed by atoms with Crippen molar-refractivity contribution in [2.75, 3.05) is 11.5 Å². The number of amides is 4. The first-order valence-corrected chi connectivity index (χ1v) is 11.6. The van der Waals surface area contributed by atoms with Gasteiger partial charge >= 0.3 is 5.97 Å². The molecule has 2 fully saturated rings. The van der Waals surface area contributed by atoms with Gasteiger partial charge in [0, 0.05) is 0 Å². The zero-order chi connectivity index (χ0) is 25.1. The summed E-state index contributed by atoms with van der Waals surface area (Å²) in [5, 5.41) is 0.222. The molecule has 1 heterocycles. The molecule has 0 unspecified atom stereocenters. The van der Waals surface area contributed by atoms with E-state index in [1.54, 1.807) is 12.1 Å². The molecule has 0 radical (unpaired) electrons. The molecule has 4 rings (SSSR count). The van der Waals surface area contributed by atoms with Crippen LogP contribution in [-0.4, -0.2) is 36.2 Å². The SMILES string of the molecule is C[C@@H]1CC[C@@H]2C(=O)N(c3ccc(C(=O)OCC(=O)NNC(=O)c4ccccc4Cl)cc3)C(=O)[C@@H]2C1. The predicted octanol–water partition coefficient (Wildman–Crippen LogP) is 2.88. The number of carbonyl (C=O) groups excluding carboxylic acids is 5. The molecule has 0 spiro atoms. The van der Waals surface area contributed by atoms with Crippen molar-refractivity contribution < 1.29 is 28.7 Å². The fraction of sp³-hybridized carbons (Fsp3) is 0.320.